The van der Waals surface area contributed by atoms with Gasteiger partial charge in [-0.2, -0.15) is 0 Å². The maximum atomic E-state index is 13.7. The van der Waals surface area contributed by atoms with E-state index < -0.39 is 52.0 Å². The zero-order valence-electron chi connectivity index (χ0n) is 21.3. The van der Waals surface area contributed by atoms with Gasteiger partial charge in [-0.15, -0.1) is 0 Å². The first-order chi connectivity index (χ1) is 18.6. The van der Waals surface area contributed by atoms with Gasteiger partial charge in [0.1, 0.15) is 22.8 Å². The molecule has 0 radical (unpaired) electrons. The van der Waals surface area contributed by atoms with E-state index in [-0.39, 0.29) is 36.1 Å². The summed E-state index contributed by atoms with van der Waals surface area (Å²) in [6.07, 6.45) is 2.42. The van der Waals surface area contributed by atoms with Gasteiger partial charge in [-0.25, -0.2) is 0 Å². The number of hydrogen-bond acceptors (Lipinski definition) is 8. The Labute approximate surface area is 224 Å². The van der Waals surface area contributed by atoms with Crippen LogP contribution in [0, 0.1) is 11.8 Å². The number of nitrogens with two attached hydrogens (primary N) is 1. The minimum atomic E-state index is -2.56. The summed E-state index contributed by atoms with van der Waals surface area (Å²) >= 11 is 0. The molecular formula is C30H30N2O7. The predicted molar refractivity (Wildman–Crippen MR) is 141 cm³/mol. The van der Waals surface area contributed by atoms with Gasteiger partial charge in [0.25, 0.3) is 5.91 Å². The van der Waals surface area contributed by atoms with Gasteiger partial charge in [-0.1, -0.05) is 24.3 Å². The average molecular weight is 531 g/mol. The molecule has 39 heavy (non-hydrogen) atoms. The molecule has 6 N–H and O–H groups in total. The van der Waals surface area contributed by atoms with E-state index in [2.05, 4.69) is 17.0 Å². The molecule has 2 fully saturated rings. The number of phenolic OH excluding ortho intramolecular Hbond substituents is 1. The van der Waals surface area contributed by atoms with Crippen LogP contribution in [0.2, 0.25) is 0 Å². The van der Waals surface area contributed by atoms with Gasteiger partial charge in [-0.05, 0) is 79.1 Å². The van der Waals surface area contributed by atoms with Crippen molar-refractivity contribution in [3.8, 4) is 16.9 Å². The third-order valence-electron chi connectivity index (χ3n) is 8.79. The number of aliphatic hydroxyl groups is 3. The normalized spacial score (nSPS) is 26.9. The summed E-state index contributed by atoms with van der Waals surface area (Å²) in [5, 5.41) is 44.2. The molecule has 2 aromatic rings. The van der Waals surface area contributed by atoms with Crippen molar-refractivity contribution in [2.75, 3.05) is 13.1 Å². The average Bonchev–Trinajstić information content (AvgIpc) is 3.39. The maximum Gasteiger partial charge on any atom is 0.255 e. The van der Waals surface area contributed by atoms with E-state index >= 15 is 0 Å². The molecule has 1 heterocycles. The van der Waals surface area contributed by atoms with Crippen molar-refractivity contribution in [2.45, 2.75) is 44.2 Å². The molecule has 9 heteroatoms. The molecule has 2 aromatic carbocycles. The first-order valence-corrected chi connectivity index (χ1v) is 13.2. The number of likely N-dealkylation sites (tertiary alicyclic amines) is 1. The van der Waals surface area contributed by atoms with E-state index in [9.17, 15) is 34.8 Å². The number of ketones is 2. The standard InChI is InChI=1S/C30H30N2O7/c31-29(38)25-22(34)13-18-11-17-12-20-19(16-5-3-4-15(10-16)14-32-8-1-2-9-32)6-7-21(33)24(20)26(35)23(17)27(36)30(18,39)28(25)37/h3-7,10,17-18,33,35,37,39H,1-2,8-9,11-14H2,(H2,31,38). The molecule has 1 saturated carbocycles. The molecule has 6 rings (SSSR count). The predicted octanol–water partition coefficient (Wildman–Crippen LogP) is 2.69. The lowest BCUT2D eigenvalue weighted by Gasteiger charge is -2.46. The largest absolute Gasteiger partial charge is 0.508 e. The summed E-state index contributed by atoms with van der Waals surface area (Å²) < 4.78 is 0. The SMILES string of the molecule is NC(=O)C1=C(O)C2(O)C(=O)C3=C(O)c4c(O)ccc(-c5cccc(CN6CCCC6)c5)c4CC3CC2CC1=O. The third-order valence-corrected chi connectivity index (χ3v) is 8.79. The smallest absolute Gasteiger partial charge is 0.255 e. The Bertz CT molecular complexity index is 1500. The Hall–Kier alpha value is -3.95. The molecule has 9 nitrogen and oxygen atoms in total. The van der Waals surface area contributed by atoms with E-state index in [0.29, 0.717) is 5.56 Å². The van der Waals surface area contributed by atoms with E-state index in [1.807, 2.05) is 12.1 Å². The zero-order valence-corrected chi connectivity index (χ0v) is 21.3. The summed E-state index contributed by atoms with van der Waals surface area (Å²) in [6.45, 7) is 2.97. The second kappa shape index (κ2) is 9.07. The Balaban J connectivity index is 1.45. The minimum Gasteiger partial charge on any atom is -0.508 e. The number of fused-ring (bicyclic) bond motifs is 3. The molecule has 0 spiro atoms. The van der Waals surface area contributed by atoms with Gasteiger partial charge >= 0.3 is 0 Å². The van der Waals surface area contributed by atoms with Crippen molar-refractivity contribution < 1.29 is 34.8 Å². The lowest BCUT2D eigenvalue weighted by Crippen LogP contribution is -2.58. The van der Waals surface area contributed by atoms with Crippen molar-refractivity contribution in [2.24, 2.45) is 17.6 Å². The molecule has 3 atom stereocenters. The van der Waals surface area contributed by atoms with E-state index in [1.54, 1.807) is 6.07 Å². The topological polar surface area (TPSA) is 161 Å². The van der Waals surface area contributed by atoms with Crippen molar-refractivity contribution in [1.82, 2.24) is 4.90 Å². The molecule has 3 unspecified atom stereocenters. The van der Waals surface area contributed by atoms with Gasteiger partial charge in [0.2, 0.25) is 5.78 Å². The van der Waals surface area contributed by atoms with Crippen LogP contribution in [0.5, 0.6) is 5.75 Å². The molecule has 3 aliphatic carbocycles. The van der Waals surface area contributed by atoms with Crippen LogP contribution in [0.15, 0.2) is 53.3 Å². The number of rotatable bonds is 4. The van der Waals surface area contributed by atoms with Crippen molar-refractivity contribution in [1.29, 1.82) is 0 Å². The van der Waals surface area contributed by atoms with E-state index in [4.69, 9.17) is 5.73 Å². The fourth-order valence-electron chi connectivity index (χ4n) is 6.93. The van der Waals surface area contributed by atoms with Gasteiger partial charge < -0.3 is 26.2 Å². The number of aliphatic hydroxyl groups excluding tert-OH is 2. The summed E-state index contributed by atoms with van der Waals surface area (Å²) in [5.41, 5.74) is 5.39. The highest BCUT2D eigenvalue weighted by Crippen LogP contribution is 2.53. The molecule has 1 saturated heterocycles. The van der Waals surface area contributed by atoms with Crippen LogP contribution in [0.1, 0.15) is 42.4 Å². The van der Waals surface area contributed by atoms with Crippen LogP contribution in [0.4, 0.5) is 0 Å². The minimum absolute atomic E-state index is 0.101. The van der Waals surface area contributed by atoms with Crippen LogP contribution >= 0.6 is 0 Å². The number of carbonyl (C=O) groups excluding carboxylic acids is 3. The maximum absolute atomic E-state index is 13.7. The first kappa shape index (κ1) is 25.3. The van der Waals surface area contributed by atoms with E-state index in [1.165, 1.54) is 18.9 Å². The second-order valence-corrected chi connectivity index (χ2v) is 11.1. The lowest BCUT2D eigenvalue weighted by atomic mass is 9.59. The molecule has 202 valence electrons. The third kappa shape index (κ3) is 3.79. The molecule has 4 aliphatic rings. The Morgan fingerprint density at radius 3 is 2.51 bits per heavy atom. The van der Waals surface area contributed by atoms with E-state index in [0.717, 1.165) is 36.3 Å². The van der Waals surface area contributed by atoms with Crippen LogP contribution in [-0.4, -0.2) is 61.5 Å². The van der Waals surface area contributed by atoms with Crippen LogP contribution in [0.3, 0.4) is 0 Å². The van der Waals surface area contributed by atoms with Gasteiger partial charge in [-0.3, -0.25) is 19.3 Å². The van der Waals surface area contributed by atoms with Gasteiger partial charge in [0.05, 0.1) is 5.56 Å². The monoisotopic (exact) mass is 530 g/mol. The van der Waals surface area contributed by atoms with Crippen molar-refractivity contribution in [3.63, 3.8) is 0 Å². The number of phenols is 1. The summed E-state index contributed by atoms with van der Waals surface area (Å²) in [5.74, 6) is -6.29. The summed E-state index contributed by atoms with van der Waals surface area (Å²) in [6, 6.07) is 11.4. The summed E-state index contributed by atoms with van der Waals surface area (Å²) in [4.78, 5) is 40.5. The fourth-order valence-corrected chi connectivity index (χ4v) is 6.93. The Morgan fingerprint density at radius 1 is 1.05 bits per heavy atom. The number of carbonyl (C=O) groups is 3. The molecule has 0 bridgehead atoms. The first-order valence-electron chi connectivity index (χ1n) is 13.2. The number of Topliss-reactive ketones (excluding diaryl/α,β-unsaturated/α-hetero) is 2. The molecule has 1 amide bonds. The molecule has 1 aliphatic heterocycles. The number of primary amides is 1. The molecule has 0 aromatic heterocycles. The Morgan fingerprint density at radius 2 is 1.79 bits per heavy atom. The highest BCUT2D eigenvalue weighted by atomic mass is 16.3. The summed E-state index contributed by atoms with van der Waals surface area (Å²) in [7, 11) is 0. The van der Waals surface area contributed by atoms with Crippen LogP contribution < -0.4 is 5.73 Å². The number of aromatic hydroxyl groups is 1. The fraction of sp³-hybridized carbons (Fsp3) is 0.367. The van der Waals surface area contributed by atoms with Crippen LogP contribution in [0.25, 0.3) is 16.9 Å². The number of amides is 1. The second-order valence-electron chi connectivity index (χ2n) is 11.1. The highest BCUT2D eigenvalue weighted by Gasteiger charge is 2.60. The molecular weight excluding hydrogens is 500 g/mol. The van der Waals surface area contributed by atoms with Gasteiger partial charge in [0, 0.05) is 24.5 Å². The number of hydrogen-bond donors (Lipinski definition) is 5. The quantitative estimate of drug-likeness (QED) is 0.377. The number of benzene rings is 2. The lowest BCUT2D eigenvalue weighted by molar-refractivity contribution is -0.147. The number of nitrogens with zero attached hydrogens (tertiary/aromatic N) is 1. The van der Waals surface area contributed by atoms with Gasteiger partial charge in [0.15, 0.2) is 11.4 Å². The Kier molecular flexibility index (Phi) is 5.89. The zero-order chi connectivity index (χ0) is 27.6. The van der Waals surface area contributed by atoms with Crippen molar-refractivity contribution in [3.05, 3.63) is 70.0 Å². The highest BCUT2D eigenvalue weighted by molar-refractivity contribution is 6.22. The van der Waals surface area contributed by atoms with Crippen molar-refractivity contribution >= 4 is 23.2 Å². The van der Waals surface area contributed by atoms with Crippen LogP contribution in [-0.2, 0) is 27.3 Å².